The molecule has 15 heteroatoms. The lowest BCUT2D eigenvalue weighted by Gasteiger charge is -2.21. The summed E-state index contributed by atoms with van der Waals surface area (Å²) in [7, 11) is 1.12. The number of amides is 2. The van der Waals surface area contributed by atoms with E-state index in [1.807, 2.05) is 0 Å². The van der Waals surface area contributed by atoms with Gasteiger partial charge in [0.05, 0.1) is 25.4 Å². The average molecular weight is 649 g/mol. The number of nitrogens with zero attached hydrogens (tertiary/aromatic N) is 2. The summed E-state index contributed by atoms with van der Waals surface area (Å²) in [4.78, 5) is 62.9. The van der Waals surface area contributed by atoms with Crippen LogP contribution in [0.2, 0.25) is 0 Å². The summed E-state index contributed by atoms with van der Waals surface area (Å²) < 4.78 is 57.9. The SMILES string of the molecule is COC(=O)N[C@@H](CC/C=C/C(N)=O)C(=O)Cc1cccn(Cc2cc3cc(F)cc(OCC(F)F)c3n2C(=O)OC(C)(C)C)c1=O. The highest BCUT2D eigenvalue weighted by atomic mass is 19.3. The van der Waals surface area contributed by atoms with Crippen LogP contribution in [0.3, 0.4) is 0 Å². The van der Waals surface area contributed by atoms with Crippen LogP contribution in [-0.2, 0) is 32.0 Å². The van der Waals surface area contributed by atoms with Crippen molar-refractivity contribution in [3.63, 3.8) is 0 Å². The third-order valence-electron chi connectivity index (χ3n) is 6.41. The van der Waals surface area contributed by atoms with Gasteiger partial charge in [-0.3, -0.25) is 14.4 Å². The third kappa shape index (κ3) is 9.71. The standard InChI is InChI=1S/C31H35F3N4O8/c1-31(2,3)46-30(43)38-21(13-19-12-20(32)15-24(27(19)38)45-17-25(33)34)16-37-11-7-8-18(28(37)41)14-23(39)22(36-29(42)44-4)9-5-6-10-26(35)40/h6-8,10-13,15,22,25H,5,9,14,16-17H2,1-4H3,(H2,35,40)(H,36,42)/b10-6+/t22-/m0/s1. The lowest BCUT2D eigenvalue weighted by molar-refractivity contribution is -0.120. The molecule has 3 aromatic rings. The second kappa shape index (κ2) is 15.3. The van der Waals surface area contributed by atoms with Crippen LogP contribution in [0.5, 0.6) is 5.75 Å². The van der Waals surface area contributed by atoms with Gasteiger partial charge < -0.3 is 29.8 Å². The van der Waals surface area contributed by atoms with E-state index in [0.717, 1.165) is 29.9 Å². The summed E-state index contributed by atoms with van der Waals surface area (Å²) in [6, 6.07) is 5.22. The molecule has 1 aromatic carbocycles. The largest absolute Gasteiger partial charge is 0.485 e. The summed E-state index contributed by atoms with van der Waals surface area (Å²) in [6.45, 7) is 3.52. The van der Waals surface area contributed by atoms with E-state index in [0.29, 0.717) is 0 Å². The number of hydrogen-bond donors (Lipinski definition) is 2. The summed E-state index contributed by atoms with van der Waals surface area (Å²) in [5.41, 5.74) is 3.65. The monoisotopic (exact) mass is 648 g/mol. The molecule has 0 aliphatic heterocycles. The van der Waals surface area contributed by atoms with Gasteiger partial charge in [0, 0.05) is 29.6 Å². The van der Waals surface area contributed by atoms with Gasteiger partial charge in [-0.05, 0) is 57.9 Å². The number of rotatable bonds is 13. The van der Waals surface area contributed by atoms with Crippen molar-refractivity contribution < 1.29 is 46.6 Å². The van der Waals surface area contributed by atoms with Gasteiger partial charge in [-0.2, -0.15) is 0 Å². The molecule has 1 atom stereocenters. The van der Waals surface area contributed by atoms with Crippen LogP contribution in [0.4, 0.5) is 22.8 Å². The molecule has 248 valence electrons. The predicted octanol–water partition coefficient (Wildman–Crippen LogP) is 4.08. The van der Waals surface area contributed by atoms with Crippen LogP contribution in [-0.4, -0.2) is 64.8 Å². The van der Waals surface area contributed by atoms with Crippen LogP contribution < -0.4 is 21.3 Å². The number of allylic oxidation sites excluding steroid dienone is 1. The van der Waals surface area contributed by atoms with Crippen molar-refractivity contribution in [1.82, 2.24) is 14.5 Å². The molecule has 2 aromatic heterocycles. The maximum atomic E-state index is 14.5. The fourth-order valence-corrected chi connectivity index (χ4v) is 4.53. The van der Waals surface area contributed by atoms with E-state index in [2.05, 4.69) is 10.1 Å². The molecule has 3 rings (SSSR count). The molecule has 0 saturated carbocycles. The van der Waals surface area contributed by atoms with Crippen LogP contribution in [0.25, 0.3) is 10.9 Å². The van der Waals surface area contributed by atoms with E-state index >= 15 is 0 Å². The smallest absolute Gasteiger partial charge is 0.419 e. The minimum Gasteiger partial charge on any atom is -0.485 e. The molecular weight excluding hydrogens is 613 g/mol. The molecule has 0 fully saturated rings. The Morgan fingerprint density at radius 3 is 2.48 bits per heavy atom. The highest BCUT2D eigenvalue weighted by Gasteiger charge is 2.26. The van der Waals surface area contributed by atoms with Crippen LogP contribution >= 0.6 is 0 Å². The Labute approximate surface area is 261 Å². The maximum absolute atomic E-state index is 14.5. The molecule has 3 N–H and O–H groups in total. The maximum Gasteiger partial charge on any atom is 0.419 e. The number of Topliss-reactive ketones (excluding diaryl/α,β-unsaturated/α-hetero) is 1. The Bertz CT molecular complexity index is 1690. The van der Waals surface area contributed by atoms with Crippen molar-refractivity contribution in [3.05, 3.63) is 76.1 Å². The van der Waals surface area contributed by atoms with Crippen molar-refractivity contribution >= 4 is 34.8 Å². The van der Waals surface area contributed by atoms with Gasteiger partial charge in [0.1, 0.15) is 29.3 Å². The summed E-state index contributed by atoms with van der Waals surface area (Å²) in [6.07, 6.45) is -0.798. The zero-order valence-electron chi connectivity index (χ0n) is 25.7. The number of nitrogens with two attached hydrogens (primary N) is 1. The number of benzene rings is 1. The number of pyridine rings is 1. The van der Waals surface area contributed by atoms with Gasteiger partial charge >= 0.3 is 12.2 Å². The highest BCUT2D eigenvalue weighted by Crippen LogP contribution is 2.32. The second-order valence-corrected chi connectivity index (χ2v) is 11.2. The van der Waals surface area contributed by atoms with Gasteiger partial charge in [0.15, 0.2) is 5.78 Å². The lowest BCUT2D eigenvalue weighted by atomic mass is 10.0. The molecular formula is C31H35F3N4O8. The molecule has 0 saturated heterocycles. The zero-order valence-corrected chi connectivity index (χ0v) is 25.7. The number of alkyl halides is 2. The highest BCUT2D eigenvalue weighted by molar-refractivity contribution is 5.95. The number of hydrogen-bond acceptors (Lipinski definition) is 8. The first-order valence-electron chi connectivity index (χ1n) is 14.1. The second-order valence-electron chi connectivity index (χ2n) is 11.2. The van der Waals surface area contributed by atoms with Crippen LogP contribution in [0, 0.1) is 5.82 Å². The number of methoxy groups -OCH3 is 1. The Balaban J connectivity index is 2.01. The average Bonchev–Trinajstić information content (AvgIpc) is 3.31. The predicted molar refractivity (Wildman–Crippen MR) is 160 cm³/mol. The van der Waals surface area contributed by atoms with Crippen molar-refractivity contribution in [3.8, 4) is 5.75 Å². The van der Waals surface area contributed by atoms with Crippen molar-refractivity contribution in [1.29, 1.82) is 0 Å². The van der Waals surface area contributed by atoms with Crippen molar-refractivity contribution in [2.24, 2.45) is 5.73 Å². The lowest BCUT2D eigenvalue weighted by Crippen LogP contribution is -2.42. The van der Waals surface area contributed by atoms with Crippen molar-refractivity contribution in [2.45, 2.75) is 64.6 Å². The third-order valence-corrected chi connectivity index (χ3v) is 6.41. The summed E-state index contributed by atoms with van der Waals surface area (Å²) in [5, 5.41) is 2.55. The first-order valence-corrected chi connectivity index (χ1v) is 14.1. The first kappa shape index (κ1) is 35.4. The van der Waals surface area contributed by atoms with Crippen LogP contribution in [0.1, 0.15) is 44.9 Å². The molecule has 0 radical (unpaired) electrons. The van der Waals surface area contributed by atoms with Gasteiger partial charge in [0.2, 0.25) is 5.91 Å². The zero-order chi connectivity index (χ0) is 34.2. The van der Waals surface area contributed by atoms with E-state index in [9.17, 15) is 37.1 Å². The number of nitrogens with one attached hydrogen (secondary N) is 1. The van der Waals surface area contributed by atoms with Gasteiger partial charge in [-0.1, -0.05) is 12.1 Å². The molecule has 0 spiro atoms. The number of carbonyl (C=O) groups excluding carboxylic acids is 4. The number of aromatic nitrogens is 2. The Kier molecular flexibility index (Phi) is 11.8. The summed E-state index contributed by atoms with van der Waals surface area (Å²) in [5.74, 6) is -2.33. The molecule has 0 bridgehead atoms. The quantitative estimate of drug-likeness (QED) is 0.262. The normalized spacial score (nSPS) is 12.3. The Hall–Kier alpha value is -5.08. The Morgan fingerprint density at radius 1 is 1.13 bits per heavy atom. The molecule has 0 unspecified atom stereocenters. The van der Waals surface area contributed by atoms with E-state index < -0.39 is 59.9 Å². The Morgan fingerprint density at radius 2 is 1.85 bits per heavy atom. The molecule has 12 nitrogen and oxygen atoms in total. The topological polar surface area (TPSA) is 161 Å². The van der Waals surface area contributed by atoms with Crippen LogP contribution in [0.15, 0.2) is 53.5 Å². The van der Waals surface area contributed by atoms with Crippen molar-refractivity contribution in [2.75, 3.05) is 13.7 Å². The number of ketones is 1. The molecule has 46 heavy (non-hydrogen) atoms. The molecule has 0 aliphatic rings. The van der Waals surface area contributed by atoms with E-state index in [1.54, 1.807) is 20.8 Å². The number of ether oxygens (including phenoxy) is 3. The van der Waals surface area contributed by atoms with E-state index in [1.165, 1.54) is 35.0 Å². The molecule has 2 amide bonds. The van der Waals surface area contributed by atoms with Gasteiger partial charge in [-0.25, -0.2) is 27.3 Å². The number of halogens is 3. The molecule has 0 aliphatic carbocycles. The van der Waals surface area contributed by atoms with Gasteiger partial charge in [-0.15, -0.1) is 0 Å². The summed E-state index contributed by atoms with van der Waals surface area (Å²) >= 11 is 0. The minimum atomic E-state index is -2.87. The van der Waals surface area contributed by atoms with E-state index in [4.69, 9.17) is 15.2 Å². The van der Waals surface area contributed by atoms with Gasteiger partial charge in [0.25, 0.3) is 12.0 Å². The first-order chi connectivity index (χ1) is 21.6. The number of fused-ring (bicyclic) bond motifs is 1. The molecule has 2 heterocycles. The fourth-order valence-electron chi connectivity index (χ4n) is 4.53. The fraction of sp³-hybridized carbons (Fsp3) is 0.387. The number of primary amides is 1. The minimum absolute atomic E-state index is 0.0345. The number of alkyl carbamates (subject to hydrolysis) is 1. The van der Waals surface area contributed by atoms with E-state index in [-0.39, 0.29) is 53.7 Å². The number of carbonyl (C=O) groups is 4.